The van der Waals surface area contributed by atoms with Crippen LogP contribution in [0, 0.1) is 46.3 Å². The lowest BCUT2D eigenvalue weighted by Crippen LogP contribution is -1.90. The first-order valence-electron chi connectivity index (χ1n) is 8.58. The Morgan fingerprint density at radius 2 is 1.07 bits per heavy atom. The Kier molecular flexibility index (Phi) is 5.83. The Morgan fingerprint density at radius 3 is 1.48 bits per heavy atom. The van der Waals surface area contributed by atoms with Gasteiger partial charge >= 0.3 is 0 Å². The molecule has 4 heteroatoms. The Labute approximate surface area is 169 Å². The molecule has 0 saturated heterocycles. The number of rotatable bonds is 1. The van der Waals surface area contributed by atoms with Crippen molar-refractivity contribution in [2.24, 2.45) is 0 Å². The molecule has 136 valence electrons. The minimum atomic E-state index is -0.0273. The van der Waals surface area contributed by atoms with Crippen molar-refractivity contribution < 1.29 is 9.84 Å². The first-order chi connectivity index (χ1) is 14.1. The van der Waals surface area contributed by atoms with Gasteiger partial charge in [-0.25, -0.2) is 0 Å². The maximum atomic E-state index is 10.1. The highest BCUT2D eigenvalue weighted by molar-refractivity contribution is 5.60. The third kappa shape index (κ3) is 4.75. The highest BCUT2D eigenvalue weighted by atomic mass is 16.5. The van der Waals surface area contributed by atoms with E-state index < -0.39 is 0 Å². The fraction of sp³-hybridized carbons (Fsp3) is 0.0400. The lowest BCUT2D eigenvalue weighted by Gasteiger charge is -2.05. The fourth-order valence-electron chi connectivity index (χ4n) is 2.47. The maximum Gasteiger partial charge on any atom is 0.161 e. The van der Waals surface area contributed by atoms with E-state index in [2.05, 4.69) is 35.8 Å². The number of methoxy groups -OCH3 is 1. The molecule has 1 N–H and O–H groups in total. The van der Waals surface area contributed by atoms with Gasteiger partial charge < -0.3 is 9.84 Å². The normalized spacial score (nSPS) is 9.07. The van der Waals surface area contributed by atoms with Gasteiger partial charge in [0.15, 0.2) is 11.5 Å². The summed E-state index contributed by atoms with van der Waals surface area (Å²) in [6.07, 6.45) is 0. The molecule has 0 aliphatic heterocycles. The monoisotopic (exact) mass is 374 g/mol. The number of phenols is 1. The lowest BCUT2D eigenvalue weighted by atomic mass is 10.0. The van der Waals surface area contributed by atoms with Crippen LogP contribution in [0.1, 0.15) is 33.4 Å². The number of benzene rings is 3. The summed E-state index contributed by atoms with van der Waals surface area (Å²) in [5, 5.41) is 27.9. The Bertz CT molecular complexity index is 1250. The molecule has 0 saturated carbocycles. The third-order valence-corrected chi connectivity index (χ3v) is 4.03. The summed E-state index contributed by atoms with van der Waals surface area (Å²) in [4.78, 5) is 0. The van der Waals surface area contributed by atoms with Crippen LogP contribution in [0.2, 0.25) is 0 Å². The standard InChI is InChI=1S/C25H14N2O2/c1-29-25-15-23(13-11-19-4-8-21(17-27)9-5-19)22(14-24(25)28)12-10-18-2-6-20(16-26)7-3-18/h2-9,14-15,28H,1H3. The van der Waals surface area contributed by atoms with E-state index in [0.717, 1.165) is 11.1 Å². The van der Waals surface area contributed by atoms with E-state index in [1.807, 2.05) is 0 Å². The van der Waals surface area contributed by atoms with Crippen LogP contribution in [0.4, 0.5) is 0 Å². The SMILES string of the molecule is COc1cc(C#Cc2ccc(C#N)cc2)c(C#Cc2ccc(C#N)cc2)cc1O. The molecule has 0 bridgehead atoms. The van der Waals surface area contributed by atoms with Gasteiger partial charge in [0.25, 0.3) is 0 Å². The summed E-state index contributed by atoms with van der Waals surface area (Å²) in [5.74, 6) is 12.4. The van der Waals surface area contributed by atoms with E-state index in [9.17, 15) is 5.11 Å². The van der Waals surface area contributed by atoms with Gasteiger partial charge in [-0.15, -0.1) is 0 Å². The number of nitrogens with zero attached hydrogens (tertiary/aromatic N) is 2. The largest absolute Gasteiger partial charge is 0.504 e. The Balaban J connectivity index is 2.00. The van der Waals surface area contributed by atoms with Crippen molar-refractivity contribution in [2.75, 3.05) is 7.11 Å². The summed E-state index contributed by atoms with van der Waals surface area (Å²) in [5.41, 5.74) is 3.77. The second-order valence-corrected chi connectivity index (χ2v) is 5.95. The molecule has 0 aromatic heterocycles. The third-order valence-electron chi connectivity index (χ3n) is 4.03. The molecule has 0 aliphatic carbocycles. The van der Waals surface area contributed by atoms with Crippen LogP contribution in [0.25, 0.3) is 0 Å². The molecule has 3 aromatic rings. The minimum absolute atomic E-state index is 0.0273. The molecule has 0 amide bonds. The zero-order valence-corrected chi connectivity index (χ0v) is 15.5. The summed E-state index contributed by atoms with van der Waals surface area (Å²) < 4.78 is 5.18. The van der Waals surface area contributed by atoms with Crippen LogP contribution in [0.3, 0.4) is 0 Å². The number of phenolic OH excluding ortho intramolecular Hbond substituents is 1. The first-order valence-corrected chi connectivity index (χ1v) is 8.58. The van der Waals surface area contributed by atoms with Crippen LogP contribution in [-0.4, -0.2) is 12.2 Å². The van der Waals surface area contributed by atoms with Crippen molar-refractivity contribution in [1.82, 2.24) is 0 Å². The quantitative estimate of drug-likeness (QED) is 0.655. The zero-order valence-electron chi connectivity index (χ0n) is 15.5. The van der Waals surface area contributed by atoms with Crippen molar-refractivity contribution in [3.63, 3.8) is 0 Å². The molecule has 29 heavy (non-hydrogen) atoms. The van der Waals surface area contributed by atoms with Crippen LogP contribution in [0.5, 0.6) is 11.5 Å². The summed E-state index contributed by atoms with van der Waals surface area (Å²) in [6.45, 7) is 0. The lowest BCUT2D eigenvalue weighted by molar-refractivity contribution is 0.373. The molecule has 0 aliphatic rings. The summed E-state index contributed by atoms with van der Waals surface area (Å²) >= 11 is 0. The fourth-order valence-corrected chi connectivity index (χ4v) is 2.47. The van der Waals surface area contributed by atoms with Gasteiger partial charge in [0.2, 0.25) is 0 Å². The van der Waals surface area contributed by atoms with E-state index >= 15 is 0 Å². The molecular weight excluding hydrogens is 360 g/mol. The number of hydrogen-bond donors (Lipinski definition) is 1. The van der Waals surface area contributed by atoms with Crippen LogP contribution in [-0.2, 0) is 0 Å². The summed E-state index contributed by atoms with van der Waals surface area (Å²) in [7, 11) is 1.47. The maximum absolute atomic E-state index is 10.1. The van der Waals surface area contributed by atoms with Crippen molar-refractivity contribution in [1.29, 1.82) is 10.5 Å². The van der Waals surface area contributed by atoms with Gasteiger partial charge in [-0.3, -0.25) is 0 Å². The number of aromatic hydroxyl groups is 1. The first kappa shape index (κ1) is 19.1. The number of nitriles is 2. The molecule has 4 nitrogen and oxygen atoms in total. The van der Waals surface area contributed by atoms with Gasteiger partial charge in [0, 0.05) is 34.4 Å². The highest BCUT2D eigenvalue weighted by Crippen LogP contribution is 2.29. The Hall–Kier alpha value is -4.64. The van der Waals surface area contributed by atoms with E-state index in [1.54, 1.807) is 54.6 Å². The predicted octanol–water partition coefficient (Wildman–Crippen LogP) is 3.94. The predicted molar refractivity (Wildman–Crippen MR) is 109 cm³/mol. The van der Waals surface area contributed by atoms with E-state index in [0.29, 0.717) is 28.0 Å². The van der Waals surface area contributed by atoms with Gasteiger partial charge in [0.1, 0.15) is 0 Å². The van der Waals surface area contributed by atoms with Crippen molar-refractivity contribution in [3.05, 3.63) is 94.0 Å². The van der Waals surface area contributed by atoms with Gasteiger partial charge in [-0.1, -0.05) is 23.7 Å². The molecule has 0 radical (unpaired) electrons. The zero-order chi connectivity index (χ0) is 20.6. The topological polar surface area (TPSA) is 77.0 Å². The van der Waals surface area contributed by atoms with Crippen LogP contribution in [0.15, 0.2) is 60.7 Å². The van der Waals surface area contributed by atoms with E-state index in [4.69, 9.17) is 15.3 Å². The van der Waals surface area contributed by atoms with Crippen molar-refractivity contribution >= 4 is 0 Å². The second kappa shape index (κ2) is 8.83. The second-order valence-electron chi connectivity index (χ2n) is 5.95. The van der Waals surface area contributed by atoms with E-state index in [1.165, 1.54) is 13.2 Å². The van der Waals surface area contributed by atoms with Crippen molar-refractivity contribution in [2.45, 2.75) is 0 Å². The molecule has 0 heterocycles. The summed E-state index contributed by atoms with van der Waals surface area (Å²) in [6, 6.07) is 21.1. The smallest absolute Gasteiger partial charge is 0.161 e. The minimum Gasteiger partial charge on any atom is -0.504 e. The average Bonchev–Trinajstić information content (AvgIpc) is 2.77. The Morgan fingerprint density at radius 1 is 0.655 bits per heavy atom. The molecule has 0 unspecified atom stereocenters. The van der Waals surface area contributed by atoms with Crippen LogP contribution < -0.4 is 4.74 Å². The van der Waals surface area contributed by atoms with Crippen molar-refractivity contribution in [3.8, 4) is 47.3 Å². The number of hydrogen-bond acceptors (Lipinski definition) is 4. The molecule has 3 rings (SSSR count). The number of ether oxygens (including phenoxy) is 1. The molecular formula is C25H14N2O2. The molecule has 0 fully saturated rings. The van der Waals surface area contributed by atoms with Crippen LogP contribution >= 0.6 is 0 Å². The highest BCUT2D eigenvalue weighted by Gasteiger charge is 2.07. The molecule has 0 atom stereocenters. The molecule has 0 spiro atoms. The average molecular weight is 374 g/mol. The van der Waals surface area contributed by atoms with Gasteiger partial charge in [-0.05, 0) is 48.5 Å². The van der Waals surface area contributed by atoms with Gasteiger partial charge in [0.05, 0.1) is 30.4 Å². The van der Waals surface area contributed by atoms with E-state index in [-0.39, 0.29) is 5.75 Å². The van der Waals surface area contributed by atoms with Gasteiger partial charge in [-0.2, -0.15) is 10.5 Å². The molecule has 3 aromatic carbocycles.